The number of carbonyl (C=O) groups excluding carboxylic acids is 1. The Morgan fingerprint density at radius 1 is 1.03 bits per heavy atom. The van der Waals surface area contributed by atoms with Gasteiger partial charge in [0.1, 0.15) is 5.78 Å². The molecule has 3 heteroatoms. The first-order valence-electron chi connectivity index (χ1n) is 12.6. The van der Waals surface area contributed by atoms with Gasteiger partial charge in [-0.3, -0.25) is 0 Å². The van der Waals surface area contributed by atoms with Gasteiger partial charge in [-0.1, -0.05) is 20.8 Å². The molecule has 11 unspecified atom stereocenters. The van der Waals surface area contributed by atoms with E-state index >= 15 is 0 Å². The first-order valence-corrected chi connectivity index (χ1v) is 12.6. The van der Waals surface area contributed by atoms with Crippen molar-refractivity contribution in [2.45, 2.75) is 110 Å². The fourth-order valence-corrected chi connectivity index (χ4v) is 9.60. The van der Waals surface area contributed by atoms with E-state index in [-0.39, 0.29) is 12.2 Å². The number of aliphatic hydroxyl groups is 1. The molecule has 4 aliphatic carbocycles. The summed E-state index contributed by atoms with van der Waals surface area (Å²) in [5, 5.41) is 10.3. The Bertz CT molecular complexity index is 660. The van der Waals surface area contributed by atoms with E-state index in [0.29, 0.717) is 41.0 Å². The van der Waals surface area contributed by atoms with Crippen LogP contribution >= 0.6 is 0 Å². The van der Waals surface area contributed by atoms with Crippen molar-refractivity contribution in [2.24, 2.45) is 46.3 Å². The van der Waals surface area contributed by atoms with Crippen LogP contribution in [0.5, 0.6) is 0 Å². The number of hydrogen-bond donors (Lipinski definition) is 1. The highest BCUT2D eigenvalue weighted by molar-refractivity contribution is 5.75. The van der Waals surface area contributed by atoms with Crippen molar-refractivity contribution in [3.8, 4) is 0 Å². The van der Waals surface area contributed by atoms with Crippen molar-refractivity contribution in [2.75, 3.05) is 0 Å². The molecule has 11 atom stereocenters. The Morgan fingerprint density at radius 3 is 2.55 bits per heavy atom. The Labute approximate surface area is 177 Å². The highest BCUT2D eigenvalue weighted by Gasteiger charge is 2.65. The lowest BCUT2D eigenvalue weighted by Crippen LogP contribution is -2.54. The molecule has 164 valence electrons. The first-order chi connectivity index (χ1) is 13.7. The van der Waals surface area contributed by atoms with E-state index in [4.69, 9.17) is 4.74 Å². The van der Waals surface area contributed by atoms with E-state index in [2.05, 4.69) is 20.8 Å². The van der Waals surface area contributed by atoms with Gasteiger partial charge in [0.2, 0.25) is 0 Å². The van der Waals surface area contributed by atoms with Gasteiger partial charge in [-0.2, -0.15) is 0 Å². The number of hydrogen-bond acceptors (Lipinski definition) is 3. The van der Waals surface area contributed by atoms with Crippen molar-refractivity contribution < 1.29 is 14.6 Å². The van der Waals surface area contributed by atoms with E-state index in [1.807, 2.05) is 0 Å². The largest absolute Gasteiger partial charge is 0.393 e. The molecule has 0 aromatic heterocycles. The minimum Gasteiger partial charge on any atom is -0.393 e. The summed E-state index contributed by atoms with van der Waals surface area (Å²) in [6.07, 6.45) is 12.2. The van der Waals surface area contributed by atoms with Crippen LogP contribution in [-0.4, -0.2) is 29.2 Å². The van der Waals surface area contributed by atoms with Crippen LogP contribution in [0.25, 0.3) is 0 Å². The molecule has 1 saturated heterocycles. The smallest absolute Gasteiger partial charge is 0.129 e. The highest BCUT2D eigenvalue weighted by Crippen LogP contribution is 2.70. The van der Waals surface area contributed by atoms with Crippen LogP contribution in [0.4, 0.5) is 0 Å². The predicted octanol–water partition coefficient (Wildman–Crippen LogP) is 5.39. The second-order valence-electron chi connectivity index (χ2n) is 12.2. The second kappa shape index (κ2) is 7.05. The standard InChI is InChI=1S/C26H42O3/c1-15(27)5-8-22-16(2)24-23(29-22)14-21-19-7-6-17-13-18(28)9-11-25(17,3)20(19)10-12-26(21,24)4/h16-24,28H,5-14H2,1-4H3. The number of rotatable bonds is 3. The fourth-order valence-electron chi connectivity index (χ4n) is 9.60. The summed E-state index contributed by atoms with van der Waals surface area (Å²) in [5.74, 6) is 4.84. The third kappa shape index (κ3) is 3.00. The van der Waals surface area contributed by atoms with Crippen molar-refractivity contribution in [3.63, 3.8) is 0 Å². The minimum atomic E-state index is -0.0505. The summed E-state index contributed by atoms with van der Waals surface area (Å²) < 4.78 is 6.65. The molecule has 0 radical (unpaired) electrons. The quantitative estimate of drug-likeness (QED) is 0.688. The average molecular weight is 403 g/mol. The maximum atomic E-state index is 11.5. The zero-order valence-electron chi connectivity index (χ0n) is 19.0. The topological polar surface area (TPSA) is 46.5 Å². The number of aliphatic hydroxyl groups excluding tert-OH is 1. The Kier molecular flexibility index (Phi) is 4.98. The van der Waals surface area contributed by atoms with E-state index in [0.717, 1.165) is 42.9 Å². The van der Waals surface area contributed by atoms with Crippen LogP contribution in [0.15, 0.2) is 0 Å². The molecule has 29 heavy (non-hydrogen) atoms. The Hall–Kier alpha value is -0.410. The van der Waals surface area contributed by atoms with E-state index in [1.54, 1.807) is 6.92 Å². The molecule has 0 amide bonds. The predicted molar refractivity (Wildman–Crippen MR) is 114 cm³/mol. The molecule has 0 aromatic carbocycles. The highest BCUT2D eigenvalue weighted by atomic mass is 16.5. The Morgan fingerprint density at radius 2 is 1.79 bits per heavy atom. The molecule has 1 heterocycles. The summed E-state index contributed by atoms with van der Waals surface area (Å²) in [6.45, 7) is 9.30. The zero-order chi connectivity index (χ0) is 20.6. The van der Waals surface area contributed by atoms with Crippen LogP contribution < -0.4 is 0 Å². The van der Waals surface area contributed by atoms with Gasteiger partial charge in [-0.15, -0.1) is 0 Å². The van der Waals surface area contributed by atoms with E-state index in [1.165, 1.54) is 38.5 Å². The summed E-state index contributed by atoms with van der Waals surface area (Å²) >= 11 is 0. The molecule has 0 spiro atoms. The first kappa shape index (κ1) is 20.5. The van der Waals surface area contributed by atoms with Gasteiger partial charge in [0.15, 0.2) is 0 Å². The van der Waals surface area contributed by atoms with Gasteiger partial charge in [-0.05, 0) is 111 Å². The minimum absolute atomic E-state index is 0.0505. The van der Waals surface area contributed by atoms with Crippen molar-refractivity contribution in [1.29, 1.82) is 0 Å². The molecule has 5 aliphatic rings. The normalized spacial score (nSPS) is 56.2. The van der Waals surface area contributed by atoms with Crippen LogP contribution in [0, 0.1) is 46.3 Å². The number of fused-ring (bicyclic) bond motifs is 7. The monoisotopic (exact) mass is 402 g/mol. The second-order valence-corrected chi connectivity index (χ2v) is 12.2. The summed E-state index contributed by atoms with van der Waals surface area (Å²) in [6, 6.07) is 0. The van der Waals surface area contributed by atoms with Crippen molar-refractivity contribution in [3.05, 3.63) is 0 Å². The van der Waals surface area contributed by atoms with Crippen molar-refractivity contribution >= 4 is 5.78 Å². The number of ketones is 1. The molecular formula is C26H42O3. The lowest BCUT2D eigenvalue weighted by Gasteiger charge is -2.61. The molecule has 5 fully saturated rings. The number of carbonyl (C=O) groups is 1. The van der Waals surface area contributed by atoms with Crippen molar-refractivity contribution in [1.82, 2.24) is 0 Å². The van der Waals surface area contributed by atoms with Gasteiger partial charge in [0.25, 0.3) is 0 Å². The molecule has 5 rings (SSSR count). The van der Waals surface area contributed by atoms with Crippen LogP contribution in [-0.2, 0) is 9.53 Å². The molecule has 4 saturated carbocycles. The average Bonchev–Trinajstić information content (AvgIpc) is 3.14. The van der Waals surface area contributed by atoms with Crippen LogP contribution in [0.2, 0.25) is 0 Å². The molecule has 1 aliphatic heterocycles. The Balaban J connectivity index is 1.35. The maximum absolute atomic E-state index is 11.5. The molecule has 0 aromatic rings. The third-order valence-corrected chi connectivity index (χ3v) is 11.0. The van der Waals surface area contributed by atoms with Gasteiger partial charge in [0.05, 0.1) is 18.3 Å². The van der Waals surface area contributed by atoms with Gasteiger partial charge >= 0.3 is 0 Å². The molecule has 3 nitrogen and oxygen atoms in total. The van der Waals surface area contributed by atoms with Gasteiger partial charge in [0, 0.05) is 6.42 Å². The third-order valence-electron chi connectivity index (χ3n) is 11.0. The molecule has 1 N–H and O–H groups in total. The summed E-state index contributed by atoms with van der Waals surface area (Å²) in [7, 11) is 0. The summed E-state index contributed by atoms with van der Waals surface area (Å²) in [4.78, 5) is 11.5. The van der Waals surface area contributed by atoms with Gasteiger partial charge in [-0.25, -0.2) is 0 Å². The van der Waals surface area contributed by atoms with Crippen LogP contribution in [0.1, 0.15) is 91.9 Å². The number of ether oxygens (including phenoxy) is 1. The SMILES string of the molecule is CC(=O)CCC1OC2CC3C4CCC5CC(O)CCC5(C)C4CCC3(C)C2C1C. The van der Waals surface area contributed by atoms with E-state index < -0.39 is 0 Å². The van der Waals surface area contributed by atoms with Crippen LogP contribution in [0.3, 0.4) is 0 Å². The number of Topliss-reactive ketones (excluding diaryl/α,β-unsaturated/α-hetero) is 1. The molecular weight excluding hydrogens is 360 g/mol. The summed E-state index contributed by atoms with van der Waals surface area (Å²) in [5.41, 5.74) is 0.880. The maximum Gasteiger partial charge on any atom is 0.129 e. The lowest BCUT2D eigenvalue weighted by molar-refractivity contribution is -0.130. The zero-order valence-corrected chi connectivity index (χ0v) is 19.0. The fraction of sp³-hybridized carbons (Fsp3) is 0.962. The lowest BCUT2D eigenvalue weighted by atomic mass is 9.44. The van der Waals surface area contributed by atoms with E-state index in [9.17, 15) is 9.90 Å². The van der Waals surface area contributed by atoms with Gasteiger partial charge < -0.3 is 14.6 Å². The molecule has 0 bridgehead atoms.